The highest BCUT2D eigenvalue weighted by molar-refractivity contribution is 5.08. The predicted molar refractivity (Wildman–Crippen MR) is 38.3 cm³/mol. The third kappa shape index (κ3) is 1.68. The first-order valence-corrected chi connectivity index (χ1v) is 3.20. The first-order chi connectivity index (χ1) is 4.30. The topological polar surface area (TPSA) is 9.23 Å². The van der Waals surface area contributed by atoms with Gasteiger partial charge >= 0.3 is 0 Å². The second kappa shape index (κ2) is 2.83. The molecule has 1 aliphatic heterocycles. The van der Waals surface area contributed by atoms with Crippen molar-refractivity contribution in [2.75, 3.05) is 13.2 Å². The second-order valence-corrected chi connectivity index (χ2v) is 2.42. The van der Waals surface area contributed by atoms with Crippen molar-refractivity contribution in [1.82, 2.24) is 0 Å². The molecule has 1 heteroatoms. The first-order valence-electron chi connectivity index (χ1n) is 3.20. The van der Waals surface area contributed by atoms with Crippen molar-refractivity contribution >= 4 is 0 Å². The molecular formula is C8H12O. The molecule has 0 fully saturated rings. The Hall–Kier alpha value is -0.560. The standard InChI is InChI=1S/C8H12O/c1-7(2)8-4-3-5-9-6-8/h3-4,8H,1,5-6H2,2H3. The van der Waals surface area contributed by atoms with E-state index in [1.807, 2.05) is 13.0 Å². The molecule has 0 spiro atoms. The Labute approximate surface area is 56.0 Å². The zero-order valence-electron chi connectivity index (χ0n) is 5.76. The lowest BCUT2D eigenvalue weighted by atomic mass is 10.0. The average molecular weight is 124 g/mol. The Morgan fingerprint density at radius 1 is 1.78 bits per heavy atom. The van der Waals surface area contributed by atoms with Gasteiger partial charge in [0.1, 0.15) is 0 Å². The van der Waals surface area contributed by atoms with E-state index in [1.54, 1.807) is 0 Å². The third-order valence-electron chi connectivity index (χ3n) is 1.51. The van der Waals surface area contributed by atoms with Crippen LogP contribution in [0.3, 0.4) is 0 Å². The number of hydrogen-bond donors (Lipinski definition) is 0. The molecule has 0 bridgehead atoms. The van der Waals surface area contributed by atoms with Crippen LogP contribution in [-0.4, -0.2) is 13.2 Å². The van der Waals surface area contributed by atoms with Crippen LogP contribution in [0.1, 0.15) is 6.92 Å². The van der Waals surface area contributed by atoms with Gasteiger partial charge in [0.05, 0.1) is 13.2 Å². The lowest BCUT2D eigenvalue weighted by Gasteiger charge is -2.15. The largest absolute Gasteiger partial charge is 0.376 e. The Morgan fingerprint density at radius 3 is 2.89 bits per heavy atom. The lowest BCUT2D eigenvalue weighted by molar-refractivity contribution is 0.136. The quantitative estimate of drug-likeness (QED) is 0.484. The molecule has 0 saturated heterocycles. The zero-order chi connectivity index (χ0) is 6.69. The van der Waals surface area contributed by atoms with Crippen LogP contribution < -0.4 is 0 Å². The van der Waals surface area contributed by atoms with Gasteiger partial charge < -0.3 is 4.74 Å². The summed E-state index contributed by atoms with van der Waals surface area (Å²) in [6, 6.07) is 0. The fourth-order valence-electron chi connectivity index (χ4n) is 0.845. The summed E-state index contributed by atoms with van der Waals surface area (Å²) in [4.78, 5) is 0. The van der Waals surface area contributed by atoms with E-state index in [4.69, 9.17) is 4.74 Å². The molecule has 1 nitrogen and oxygen atoms in total. The maximum atomic E-state index is 5.20. The molecule has 0 amide bonds. The Bertz CT molecular complexity index is 136. The van der Waals surface area contributed by atoms with E-state index in [1.165, 1.54) is 5.57 Å². The Morgan fingerprint density at radius 2 is 2.56 bits per heavy atom. The molecule has 1 heterocycles. The van der Waals surface area contributed by atoms with Crippen molar-refractivity contribution < 1.29 is 4.74 Å². The molecule has 0 aromatic heterocycles. The maximum Gasteiger partial charge on any atom is 0.0648 e. The minimum absolute atomic E-state index is 0.457. The molecule has 0 N–H and O–H groups in total. The highest BCUT2D eigenvalue weighted by Crippen LogP contribution is 2.13. The highest BCUT2D eigenvalue weighted by atomic mass is 16.5. The summed E-state index contributed by atoms with van der Waals surface area (Å²) in [7, 11) is 0. The van der Waals surface area contributed by atoms with Crippen molar-refractivity contribution in [1.29, 1.82) is 0 Å². The van der Waals surface area contributed by atoms with Crippen LogP contribution in [-0.2, 0) is 4.74 Å². The fourth-order valence-corrected chi connectivity index (χ4v) is 0.845. The molecule has 9 heavy (non-hydrogen) atoms. The van der Waals surface area contributed by atoms with Crippen molar-refractivity contribution in [3.8, 4) is 0 Å². The normalized spacial score (nSPS) is 26.1. The summed E-state index contributed by atoms with van der Waals surface area (Å²) in [6.45, 7) is 7.46. The summed E-state index contributed by atoms with van der Waals surface area (Å²) < 4.78 is 5.20. The van der Waals surface area contributed by atoms with Gasteiger partial charge in [-0.3, -0.25) is 0 Å². The van der Waals surface area contributed by atoms with Crippen molar-refractivity contribution in [2.24, 2.45) is 5.92 Å². The Balaban J connectivity index is 2.50. The SMILES string of the molecule is C=C(C)C1C=CCOC1. The highest BCUT2D eigenvalue weighted by Gasteiger charge is 2.07. The van der Waals surface area contributed by atoms with Gasteiger partial charge in [-0.2, -0.15) is 0 Å². The van der Waals surface area contributed by atoms with Gasteiger partial charge in [0, 0.05) is 5.92 Å². The summed E-state index contributed by atoms with van der Waals surface area (Å²) in [5.41, 5.74) is 1.19. The summed E-state index contributed by atoms with van der Waals surface area (Å²) in [6.07, 6.45) is 4.20. The van der Waals surface area contributed by atoms with Gasteiger partial charge in [-0.05, 0) is 6.92 Å². The van der Waals surface area contributed by atoms with Gasteiger partial charge in [0.15, 0.2) is 0 Å². The van der Waals surface area contributed by atoms with E-state index in [0.717, 1.165) is 13.2 Å². The number of hydrogen-bond acceptors (Lipinski definition) is 1. The molecule has 0 saturated carbocycles. The number of rotatable bonds is 1. The van der Waals surface area contributed by atoms with E-state index in [0.29, 0.717) is 5.92 Å². The van der Waals surface area contributed by atoms with Crippen molar-refractivity contribution in [2.45, 2.75) is 6.92 Å². The van der Waals surface area contributed by atoms with E-state index in [2.05, 4.69) is 12.7 Å². The summed E-state index contributed by atoms with van der Waals surface area (Å²) in [5, 5.41) is 0. The van der Waals surface area contributed by atoms with Crippen LogP contribution in [0.15, 0.2) is 24.3 Å². The van der Waals surface area contributed by atoms with Crippen LogP contribution in [0.5, 0.6) is 0 Å². The minimum atomic E-state index is 0.457. The third-order valence-corrected chi connectivity index (χ3v) is 1.51. The molecule has 0 aromatic rings. The van der Waals surface area contributed by atoms with Gasteiger partial charge in [0.2, 0.25) is 0 Å². The van der Waals surface area contributed by atoms with Crippen molar-refractivity contribution in [3.05, 3.63) is 24.3 Å². The van der Waals surface area contributed by atoms with Gasteiger partial charge in [-0.25, -0.2) is 0 Å². The van der Waals surface area contributed by atoms with E-state index in [9.17, 15) is 0 Å². The molecule has 50 valence electrons. The van der Waals surface area contributed by atoms with Crippen LogP contribution in [0.4, 0.5) is 0 Å². The van der Waals surface area contributed by atoms with Gasteiger partial charge in [-0.1, -0.05) is 24.3 Å². The lowest BCUT2D eigenvalue weighted by Crippen LogP contribution is -2.12. The molecule has 0 aliphatic carbocycles. The zero-order valence-corrected chi connectivity index (χ0v) is 5.76. The van der Waals surface area contributed by atoms with Gasteiger partial charge in [-0.15, -0.1) is 0 Å². The molecule has 0 aromatic carbocycles. The molecule has 1 aliphatic rings. The average Bonchev–Trinajstić information content (AvgIpc) is 1.90. The van der Waals surface area contributed by atoms with E-state index < -0.39 is 0 Å². The monoisotopic (exact) mass is 124 g/mol. The smallest absolute Gasteiger partial charge is 0.0648 e. The van der Waals surface area contributed by atoms with E-state index in [-0.39, 0.29) is 0 Å². The predicted octanol–water partition coefficient (Wildman–Crippen LogP) is 1.77. The summed E-state index contributed by atoms with van der Waals surface area (Å²) in [5.74, 6) is 0.457. The van der Waals surface area contributed by atoms with Crippen molar-refractivity contribution in [3.63, 3.8) is 0 Å². The first kappa shape index (κ1) is 6.56. The van der Waals surface area contributed by atoms with Crippen LogP contribution >= 0.6 is 0 Å². The molecular weight excluding hydrogens is 112 g/mol. The van der Waals surface area contributed by atoms with Crippen LogP contribution in [0.25, 0.3) is 0 Å². The minimum Gasteiger partial charge on any atom is -0.376 e. The fraction of sp³-hybridized carbons (Fsp3) is 0.500. The van der Waals surface area contributed by atoms with Gasteiger partial charge in [0.25, 0.3) is 0 Å². The van der Waals surface area contributed by atoms with Crippen LogP contribution in [0.2, 0.25) is 0 Å². The second-order valence-electron chi connectivity index (χ2n) is 2.42. The Kier molecular flexibility index (Phi) is 2.06. The van der Waals surface area contributed by atoms with Crippen LogP contribution in [0, 0.1) is 5.92 Å². The molecule has 1 rings (SSSR count). The molecule has 1 atom stereocenters. The summed E-state index contributed by atoms with van der Waals surface area (Å²) >= 11 is 0. The maximum absolute atomic E-state index is 5.20. The molecule has 0 radical (unpaired) electrons. The number of ether oxygens (including phenoxy) is 1. The van der Waals surface area contributed by atoms with E-state index >= 15 is 0 Å². The molecule has 1 unspecified atom stereocenters.